The third kappa shape index (κ3) is 5.35. The summed E-state index contributed by atoms with van der Waals surface area (Å²) in [6, 6.07) is 17.5. The largest absolute Gasteiger partial charge is 0.481 e. The van der Waals surface area contributed by atoms with Crippen molar-refractivity contribution in [3.05, 3.63) is 86.9 Å². The molecule has 0 aromatic heterocycles. The zero-order chi connectivity index (χ0) is 28.5. The number of benzene rings is 3. The van der Waals surface area contributed by atoms with Crippen LogP contribution in [0.15, 0.2) is 53.5 Å². The van der Waals surface area contributed by atoms with Gasteiger partial charge in [0, 0.05) is 44.4 Å². The number of hydrogen-bond acceptors (Lipinski definition) is 4. The van der Waals surface area contributed by atoms with Crippen LogP contribution in [0, 0.1) is 0 Å². The Morgan fingerprint density at radius 3 is 2.63 bits per heavy atom. The van der Waals surface area contributed by atoms with Gasteiger partial charge in [-0.1, -0.05) is 24.7 Å². The summed E-state index contributed by atoms with van der Waals surface area (Å²) in [7, 11) is 0.698. The van der Waals surface area contributed by atoms with Crippen molar-refractivity contribution in [2.75, 3.05) is 32.0 Å². The van der Waals surface area contributed by atoms with E-state index in [0.29, 0.717) is 18.5 Å². The molecule has 7 heteroatoms. The number of carbonyl (C=O) groups excluding carboxylic acids is 1. The molecule has 3 aliphatic rings. The molecule has 1 amide bonds. The third-order valence-electron chi connectivity index (χ3n) is 8.79. The van der Waals surface area contributed by atoms with E-state index < -0.39 is 14.8 Å². The van der Waals surface area contributed by atoms with Gasteiger partial charge in [-0.3, -0.25) is 14.6 Å². The van der Waals surface area contributed by atoms with Crippen molar-refractivity contribution >= 4 is 42.3 Å². The van der Waals surface area contributed by atoms with E-state index >= 15 is 0 Å². The van der Waals surface area contributed by atoms with E-state index in [1.54, 1.807) is 11.9 Å². The predicted octanol–water partition coefficient (Wildman–Crippen LogP) is 3.13. The average Bonchev–Trinajstić information content (AvgIpc) is 3.35. The first-order valence-corrected chi connectivity index (χ1v) is 17.0. The molecule has 3 aromatic rings. The van der Waals surface area contributed by atoms with Gasteiger partial charge < -0.3 is 15.3 Å². The SMILES string of the molecule is CN(CCCC(=O)O)C(=O)c1ccccc1C1=c2cc3c(cc2[Si](C)c2cc4c(cc21)CCCCN4)=NCCCC3. The summed E-state index contributed by atoms with van der Waals surface area (Å²) in [6.45, 7) is 4.69. The minimum atomic E-state index is -1.07. The number of hydrogen-bond donors (Lipinski definition) is 2. The van der Waals surface area contributed by atoms with Crippen LogP contribution in [0.25, 0.3) is 5.57 Å². The van der Waals surface area contributed by atoms with Gasteiger partial charge in [-0.25, -0.2) is 0 Å². The monoisotopic (exact) mass is 564 g/mol. The number of carboxylic acid groups (broad SMARTS) is 1. The maximum absolute atomic E-state index is 13.9. The Morgan fingerprint density at radius 1 is 0.976 bits per heavy atom. The number of nitrogens with zero attached hydrogens (tertiary/aromatic N) is 2. The van der Waals surface area contributed by atoms with Gasteiger partial charge in [0.25, 0.3) is 5.91 Å². The smallest absolute Gasteiger partial charge is 0.303 e. The highest BCUT2D eigenvalue weighted by molar-refractivity contribution is 6.85. The van der Waals surface area contributed by atoms with E-state index in [9.17, 15) is 9.59 Å². The number of nitrogens with one attached hydrogen (secondary N) is 1. The topological polar surface area (TPSA) is 82.0 Å². The van der Waals surface area contributed by atoms with Crippen LogP contribution < -0.4 is 26.3 Å². The molecule has 1 radical (unpaired) electrons. The Kier molecular flexibility index (Phi) is 7.80. The van der Waals surface area contributed by atoms with Crippen LogP contribution in [0.3, 0.4) is 0 Å². The van der Waals surface area contributed by atoms with Crippen LogP contribution in [0.1, 0.15) is 71.1 Å². The number of amides is 1. The second kappa shape index (κ2) is 11.6. The second-order valence-electron chi connectivity index (χ2n) is 11.6. The molecule has 0 unspecified atom stereocenters. The molecule has 0 bridgehead atoms. The molecule has 3 aromatic carbocycles. The lowest BCUT2D eigenvalue weighted by molar-refractivity contribution is -0.137. The van der Waals surface area contributed by atoms with Gasteiger partial charge in [0.05, 0.1) is 5.36 Å². The van der Waals surface area contributed by atoms with E-state index in [-0.39, 0.29) is 12.3 Å². The molecule has 2 N–H and O–H groups in total. The fourth-order valence-electron chi connectivity index (χ4n) is 6.56. The Bertz CT molecular complexity index is 1650. The highest BCUT2D eigenvalue weighted by Crippen LogP contribution is 2.31. The van der Waals surface area contributed by atoms with Crippen molar-refractivity contribution in [1.29, 1.82) is 0 Å². The molecule has 0 aliphatic carbocycles. The number of rotatable bonds is 6. The average molecular weight is 565 g/mol. The summed E-state index contributed by atoms with van der Waals surface area (Å²) >= 11 is 0. The summed E-state index contributed by atoms with van der Waals surface area (Å²) in [4.78, 5) is 31.6. The van der Waals surface area contributed by atoms with Crippen LogP contribution in [-0.4, -0.2) is 57.4 Å². The van der Waals surface area contributed by atoms with Crippen LogP contribution in [0.5, 0.6) is 0 Å². The van der Waals surface area contributed by atoms with Gasteiger partial charge in [-0.15, -0.1) is 0 Å². The van der Waals surface area contributed by atoms with Gasteiger partial charge in [0.2, 0.25) is 0 Å². The molecule has 6 nitrogen and oxygen atoms in total. The van der Waals surface area contributed by atoms with Crippen molar-refractivity contribution in [2.45, 2.75) is 57.9 Å². The number of fused-ring (bicyclic) bond motifs is 4. The van der Waals surface area contributed by atoms with Crippen LogP contribution in [-0.2, 0) is 17.6 Å². The van der Waals surface area contributed by atoms with Crippen molar-refractivity contribution in [3.8, 4) is 0 Å². The lowest BCUT2D eigenvalue weighted by atomic mass is 9.88. The Morgan fingerprint density at radius 2 is 1.78 bits per heavy atom. The van der Waals surface area contributed by atoms with E-state index in [1.165, 1.54) is 50.8 Å². The fraction of sp³-hybridized carbons (Fsp3) is 0.382. The number of aliphatic carboxylic acids is 1. The van der Waals surface area contributed by atoms with E-state index in [4.69, 9.17) is 10.1 Å². The van der Waals surface area contributed by atoms with Crippen molar-refractivity contribution in [2.24, 2.45) is 4.99 Å². The van der Waals surface area contributed by atoms with Gasteiger partial charge >= 0.3 is 5.97 Å². The predicted molar refractivity (Wildman–Crippen MR) is 166 cm³/mol. The molecule has 0 fully saturated rings. The molecular weight excluding hydrogens is 526 g/mol. The van der Waals surface area contributed by atoms with E-state index in [2.05, 4.69) is 42.2 Å². The molecule has 0 saturated carbocycles. The Hall–Kier alpha value is -3.71. The first kappa shape index (κ1) is 27.5. The lowest BCUT2D eigenvalue weighted by Crippen LogP contribution is -2.54. The van der Waals surface area contributed by atoms with Crippen LogP contribution >= 0.6 is 0 Å². The zero-order valence-electron chi connectivity index (χ0n) is 24.1. The summed E-state index contributed by atoms with van der Waals surface area (Å²) in [5, 5.41) is 17.9. The molecule has 0 spiro atoms. The fourth-order valence-corrected chi connectivity index (χ4v) is 8.77. The van der Waals surface area contributed by atoms with Gasteiger partial charge in [0.15, 0.2) is 0 Å². The van der Waals surface area contributed by atoms with E-state index in [1.807, 2.05) is 18.2 Å². The molecule has 3 aliphatic heterocycles. The number of anilines is 1. The summed E-state index contributed by atoms with van der Waals surface area (Å²) in [5.41, 5.74) is 7.95. The minimum Gasteiger partial charge on any atom is -0.481 e. The number of carbonyl (C=O) groups is 2. The second-order valence-corrected chi connectivity index (χ2v) is 13.9. The molecular formula is C34H38N3O3Si. The summed E-state index contributed by atoms with van der Waals surface area (Å²) < 4.78 is 0. The highest BCUT2D eigenvalue weighted by atomic mass is 28.3. The summed E-state index contributed by atoms with van der Waals surface area (Å²) in [5.74, 6) is -0.913. The van der Waals surface area contributed by atoms with Gasteiger partial charge in [0.1, 0.15) is 8.80 Å². The molecule has 0 atom stereocenters. The Labute approximate surface area is 243 Å². The third-order valence-corrected chi connectivity index (χ3v) is 11.2. The minimum absolute atomic E-state index is 0.0496. The Balaban J connectivity index is 1.58. The number of aryl methyl sites for hydroxylation is 2. The van der Waals surface area contributed by atoms with Crippen LogP contribution in [0.4, 0.5) is 5.69 Å². The number of carboxylic acids is 1. The molecule has 0 saturated heterocycles. The first-order chi connectivity index (χ1) is 19.9. The molecule has 41 heavy (non-hydrogen) atoms. The standard InChI is InChI=1S/C34H38N3O3Si/c1-37(17-9-14-32(38)39)34(40)25-13-4-3-12-24(25)33-26-18-22-10-5-7-15-35-28(22)20-30(26)41(2)31-21-29-23(19-27(31)33)11-6-8-16-36-29/h3-4,12-13,18-21,35H,5-11,14-17H2,1-2H3,(H,38,39). The van der Waals surface area contributed by atoms with E-state index in [0.717, 1.165) is 55.3 Å². The summed E-state index contributed by atoms with van der Waals surface area (Å²) in [6.07, 6.45) is 7.15. The normalized spacial score (nSPS) is 16.1. The van der Waals surface area contributed by atoms with Gasteiger partial charge in [-0.2, -0.15) is 0 Å². The van der Waals surface area contributed by atoms with Crippen molar-refractivity contribution < 1.29 is 14.7 Å². The maximum atomic E-state index is 13.9. The lowest BCUT2D eigenvalue weighted by Gasteiger charge is -2.28. The molecule has 6 rings (SSSR count). The first-order valence-electron chi connectivity index (χ1n) is 15.0. The highest BCUT2D eigenvalue weighted by Gasteiger charge is 2.30. The van der Waals surface area contributed by atoms with Crippen molar-refractivity contribution in [1.82, 2.24) is 4.90 Å². The molecule has 211 valence electrons. The van der Waals surface area contributed by atoms with Crippen LogP contribution in [0.2, 0.25) is 6.55 Å². The zero-order valence-corrected chi connectivity index (χ0v) is 25.1. The van der Waals surface area contributed by atoms with Crippen molar-refractivity contribution in [3.63, 3.8) is 0 Å². The quantitative estimate of drug-likeness (QED) is 0.451. The maximum Gasteiger partial charge on any atom is 0.303 e. The molecule has 3 heterocycles. The van der Waals surface area contributed by atoms with Gasteiger partial charge in [-0.05, 0) is 119 Å².